The monoisotopic (exact) mass is 335 g/mol. The minimum atomic E-state index is -0.901. The first-order valence-electron chi connectivity index (χ1n) is 7.98. The predicted octanol–water partition coefficient (Wildman–Crippen LogP) is 1.74. The molecule has 1 N–H and O–H groups in total. The van der Waals surface area contributed by atoms with Gasteiger partial charge in [0.1, 0.15) is 17.4 Å². The minimum Gasteiger partial charge on any atom is -0.497 e. The molecule has 3 atom stereocenters. The maximum atomic E-state index is 12.5. The van der Waals surface area contributed by atoms with E-state index >= 15 is 0 Å². The summed E-state index contributed by atoms with van der Waals surface area (Å²) in [5.74, 6) is -0.754. The number of aliphatic hydroxyl groups excluding tert-OH is 1. The zero-order valence-corrected chi connectivity index (χ0v) is 14.8. The number of hydrogen-bond donors (Lipinski definition) is 1. The highest BCUT2D eigenvalue weighted by atomic mass is 16.6. The normalized spacial score (nSPS) is 21.9. The average molecular weight is 335 g/mol. The highest BCUT2D eigenvalue weighted by Gasteiger charge is 2.54. The summed E-state index contributed by atoms with van der Waals surface area (Å²) in [7, 11) is 1.58. The fourth-order valence-electron chi connectivity index (χ4n) is 2.79. The van der Waals surface area contributed by atoms with E-state index in [1.165, 1.54) is 11.8 Å². The molecule has 132 valence electrons. The summed E-state index contributed by atoms with van der Waals surface area (Å²) in [5.41, 5.74) is 0.229. The van der Waals surface area contributed by atoms with E-state index in [0.29, 0.717) is 0 Å². The summed E-state index contributed by atoms with van der Waals surface area (Å²) in [6.07, 6.45) is -0.901. The number of amides is 1. The van der Waals surface area contributed by atoms with Gasteiger partial charge in [-0.2, -0.15) is 0 Å². The molecule has 6 heteroatoms. The molecule has 1 aliphatic heterocycles. The molecular weight excluding hydrogens is 310 g/mol. The van der Waals surface area contributed by atoms with Gasteiger partial charge in [0.05, 0.1) is 19.1 Å². The zero-order valence-electron chi connectivity index (χ0n) is 14.8. The molecule has 0 radical (unpaired) electrons. The van der Waals surface area contributed by atoms with Crippen LogP contribution in [-0.2, 0) is 20.9 Å². The molecule has 1 aliphatic rings. The highest BCUT2D eigenvalue weighted by Crippen LogP contribution is 2.33. The summed E-state index contributed by atoms with van der Waals surface area (Å²) in [4.78, 5) is 26.3. The van der Waals surface area contributed by atoms with Crippen LogP contribution >= 0.6 is 0 Å². The molecule has 2 rings (SSSR count). The number of ether oxygens (including phenoxy) is 2. The van der Waals surface area contributed by atoms with E-state index < -0.39 is 29.6 Å². The van der Waals surface area contributed by atoms with Gasteiger partial charge in [0.25, 0.3) is 0 Å². The highest BCUT2D eigenvalue weighted by molar-refractivity contribution is 5.97. The van der Waals surface area contributed by atoms with Crippen molar-refractivity contribution in [1.29, 1.82) is 0 Å². The Morgan fingerprint density at radius 2 is 1.88 bits per heavy atom. The number of rotatable bonds is 5. The van der Waals surface area contributed by atoms with Crippen LogP contribution in [-0.4, -0.2) is 46.7 Å². The van der Waals surface area contributed by atoms with Crippen LogP contribution < -0.4 is 4.74 Å². The standard InChI is InChI=1S/C18H25NO5/c1-11(20)14-15(17(22)24-18(2,3)4)19(16(14)21)10-12-6-8-13(23-5)9-7-12/h6-9,11,14-15,20H,10H2,1-5H3/t11-,14-,15+/m1/s1. The van der Waals surface area contributed by atoms with Crippen molar-refractivity contribution in [3.05, 3.63) is 29.8 Å². The van der Waals surface area contributed by atoms with Gasteiger partial charge < -0.3 is 19.5 Å². The van der Waals surface area contributed by atoms with Crippen LogP contribution in [0.5, 0.6) is 5.75 Å². The second kappa shape index (κ2) is 6.81. The number of nitrogens with zero attached hydrogens (tertiary/aromatic N) is 1. The first kappa shape index (κ1) is 18.3. The number of carbonyl (C=O) groups is 2. The van der Waals surface area contributed by atoms with Gasteiger partial charge in [-0.3, -0.25) is 4.79 Å². The Balaban J connectivity index is 2.16. The first-order valence-corrected chi connectivity index (χ1v) is 7.98. The lowest BCUT2D eigenvalue weighted by Gasteiger charge is -2.47. The van der Waals surface area contributed by atoms with Crippen molar-refractivity contribution in [2.24, 2.45) is 5.92 Å². The molecule has 0 saturated carbocycles. The number of esters is 1. The van der Waals surface area contributed by atoms with Crippen molar-refractivity contribution in [3.8, 4) is 5.75 Å². The number of benzene rings is 1. The van der Waals surface area contributed by atoms with Gasteiger partial charge in [-0.25, -0.2) is 4.79 Å². The van der Waals surface area contributed by atoms with Gasteiger partial charge in [-0.05, 0) is 45.4 Å². The lowest BCUT2D eigenvalue weighted by Crippen LogP contribution is -2.67. The van der Waals surface area contributed by atoms with Crippen molar-refractivity contribution in [2.75, 3.05) is 7.11 Å². The summed E-state index contributed by atoms with van der Waals surface area (Å²) in [6, 6.07) is 6.52. The second-order valence-corrected chi connectivity index (χ2v) is 7.06. The Hall–Kier alpha value is -2.08. The maximum absolute atomic E-state index is 12.5. The molecule has 0 spiro atoms. The predicted molar refractivity (Wildman–Crippen MR) is 88.3 cm³/mol. The number of aliphatic hydroxyl groups is 1. The molecule has 1 heterocycles. The van der Waals surface area contributed by atoms with Gasteiger partial charge in [-0.1, -0.05) is 12.1 Å². The second-order valence-electron chi connectivity index (χ2n) is 7.06. The van der Waals surface area contributed by atoms with Crippen LogP contribution in [0.25, 0.3) is 0 Å². The van der Waals surface area contributed by atoms with Gasteiger partial charge in [0.15, 0.2) is 0 Å². The Morgan fingerprint density at radius 3 is 2.33 bits per heavy atom. The van der Waals surface area contributed by atoms with Crippen LogP contribution in [0.4, 0.5) is 0 Å². The zero-order chi connectivity index (χ0) is 18.1. The van der Waals surface area contributed by atoms with Crippen LogP contribution in [0.15, 0.2) is 24.3 Å². The first-order chi connectivity index (χ1) is 11.1. The molecule has 1 amide bonds. The summed E-state index contributed by atoms with van der Waals surface area (Å²) in [6.45, 7) is 7.13. The lowest BCUT2D eigenvalue weighted by atomic mass is 9.82. The molecule has 0 aromatic heterocycles. The van der Waals surface area contributed by atoms with E-state index in [2.05, 4.69) is 0 Å². The smallest absolute Gasteiger partial charge is 0.330 e. The molecule has 0 unspecified atom stereocenters. The Labute approximate surface area is 142 Å². The van der Waals surface area contributed by atoms with Gasteiger partial charge in [0, 0.05) is 6.54 Å². The molecule has 6 nitrogen and oxygen atoms in total. The number of carbonyl (C=O) groups excluding carboxylic acids is 2. The molecule has 24 heavy (non-hydrogen) atoms. The minimum absolute atomic E-state index is 0.239. The van der Waals surface area contributed by atoms with Crippen molar-refractivity contribution in [1.82, 2.24) is 4.90 Å². The molecular formula is C18H25NO5. The third kappa shape index (κ3) is 3.87. The van der Waals surface area contributed by atoms with E-state index in [1.54, 1.807) is 40.0 Å². The van der Waals surface area contributed by atoms with Gasteiger partial charge >= 0.3 is 5.97 Å². The molecule has 1 saturated heterocycles. The average Bonchev–Trinajstić information content (AvgIpc) is 2.48. The Bertz CT molecular complexity index is 603. The maximum Gasteiger partial charge on any atom is 0.330 e. The number of β-lactam (4-membered cyclic amide) rings is 1. The third-order valence-corrected chi connectivity index (χ3v) is 3.92. The lowest BCUT2D eigenvalue weighted by molar-refractivity contribution is -0.188. The molecule has 1 aromatic rings. The number of hydrogen-bond acceptors (Lipinski definition) is 5. The largest absolute Gasteiger partial charge is 0.497 e. The van der Waals surface area contributed by atoms with E-state index in [1.807, 2.05) is 12.1 Å². The van der Waals surface area contributed by atoms with Crippen LogP contribution in [0, 0.1) is 5.92 Å². The van der Waals surface area contributed by atoms with Crippen molar-refractivity contribution >= 4 is 11.9 Å². The van der Waals surface area contributed by atoms with E-state index in [9.17, 15) is 14.7 Å². The summed E-state index contributed by atoms with van der Waals surface area (Å²) in [5, 5.41) is 9.84. The quantitative estimate of drug-likeness (QED) is 0.655. The Kier molecular flexibility index (Phi) is 5.18. The molecule has 0 aliphatic carbocycles. The fraction of sp³-hybridized carbons (Fsp3) is 0.556. The van der Waals surface area contributed by atoms with Crippen LogP contribution in [0.3, 0.4) is 0 Å². The van der Waals surface area contributed by atoms with Crippen molar-refractivity contribution in [3.63, 3.8) is 0 Å². The van der Waals surface area contributed by atoms with E-state index in [-0.39, 0.29) is 12.5 Å². The summed E-state index contributed by atoms with van der Waals surface area (Å²) >= 11 is 0. The molecule has 1 aromatic carbocycles. The van der Waals surface area contributed by atoms with Crippen molar-refractivity contribution in [2.45, 2.75) is 52.0 Å². The Morgan fingerprint density at radius 1 is 1.29 bits per heavy atom. The van der Waals surface area contributed by atoms with Gasteiger partial charge in [0.2, 0.25) is 5.91 Å². The SMILES string of the molecule is COc1ccc(CN2C(=O)[C@H]([C@@H](C)O)[C@H]2C(=O)OC(C)(C)C)cc1. The van der Waals surface area contributed by atoms with Gasteiger partial charge in [-0.15, -0.1) is 0 Å². The number of methoxy groups -OCH3 is 1. The van der Waals surface area contributed by atoms with E-state index in [0.717, 1.165) is 11.3 Å². The van der Waals surface area contributed by atoms with E-state index in [4.69, 9.17) is 9.47 Å². The third-order valence-electron chi connectivity index (χ3n) is 3.92. The topological polar surface area (TPSA) is 76.1 Å². The van der Waals surface area contributed by atoms with Crippen LogP contribution in [0.1, 0.15) is 33.3 Å². The van der Waals surface area contributed by atoms with Crippen molar-refractivity contribution < 1.29 is 24.2 Å². The van der Waals surface area contributed by atoms with Crippen LogP contribution in [0.2, 0.25) is 0 Å². The fourth-order valence-corrected chi connectivity index (χ4v) is 2.79. The summed E-state index contributed by atoms with van der Waals surface area (Å²) < 4.78 is 10.5. The molecule has 1 fully saturated rings. The number of likely N-dealkylation sites (tertiary alicyclic amines) is 1. The molecule has 0 bridgehead atoms.